The fourth-order valence-electron chi connectivity index (χ4n) is 3.03. The molecule has 4 aromatic rings. The van der Waals surface area contributed by atoms with Gasteiger partial charge in [0.05, 0.1) is 25.0 Å². The van der Waals surface area contributed by atoms with Crippen LogP contribution in [0.4, 0.5) is 5.95 Å². The van der Waals surface area contributed by atoms with Gasteiger partial charge >= 0.3 is 0 Å². The number of amides is 1. The first-order valence-electron chi connectivity index (χ1n) is 9.67. The van der Waals surface area contributed by atoms with E-state index >= 15 is 0 Å². The van der Waals surface area contributed by atoms with Crippen molar-refractivity contribution >= 4 is 23.2 Å². The summed E-state index contributed by atoms with van der Waals surface area (Å²) in [7, 11) is 1.59. The van der Waals surface area contributed by atoms with E-state index < -0.39 is 0 Å². The summed E-state index contributed by atoms with van der Waals surface area (Å²) < 4.78 is 10.8. The number of carbonyl (C=O) groups excluding carboxylic acids is 1. The van der Waals surface area contributed by atoms with E-state index in [2.05, 4.69) is 25.5 Å². The summed E-state index contributed by atoms with van der Waals surface area (Å²) in [6, 6.07) is 15.1. The Labute approximate surface area is 183 Å². The number of methoxy groups -OCH3 is 1. The molecule has 8 nitrogen and oxygen atoms in total. The van der Waals surface area contributed by atoms with Crippen LogP contribution in [0.5, 0.6) is 11.5 Å². The van der Waals surface area contributed by atoms with Crippen LogP contribution in [-0.2, 0) is 0 Å². The van der Waals surface area contributed by atoms with Crippen LogP contribution in [0.15, 0.2) is 48.5 Å². The van der Waals surface area contributed by atoms with Crippen LogP contribution in [-0.4, -0.2) is 39.8 Å². The predicted molar refractivity (Wildman–Crippen MR) is 120 cm³/mol. The van der Waals surface area contributed by atoms with Crippen molar-refractivity contribution in [1.29, 1.82) is 0 Å². The molecule has 0 spiro atoms. The lowest BCUT2D eigenvalue weighted by atomic mass is 10.2. The largest absolute Gasteiger partial charge is 0.496 e. The molecule has 0 saturated carbocycles. The molecule has 1 amide bonds. The molecule has 0 aliphatic rings. The number of hydrogen-bond acceptors (Lipinski definition) is 7. The first kappa shape index (κ1) is 20.5. The number of thiazole rings is 1. The molecule has 2 aromatic heterocycles. The number of aromatic nitrogens is 4. The molecule has 0 aliphatic carbocycles. The number of para-hydroxylation sites is 1. The molecule has 0 unspecified atom stereocenters. The average molecular weight is 436 g/mol. The van der Waals surface area contributed by atoms with E-state index in [9.17, 15) is 4.79 Å². The van der Waals surface area contributed by atoms with Crippen molar-refractivity contribution in [2.24, 2.45) is 0 Å². The van der Waals surface area contributed by atoms with Crippen molar-refractivity contribution in [3.63, 3.8) is 0 Å². The van der Waals surface area contributed by atoms with Gasteiger partial charge in [0.2, 0.25) is 5.95 Å². The number of H-pyrrole nitrogens is 1. The quantitative estimate of drug-likeness (QED) is 0.441. The number of carbonyl (C=O) groups is 1. The van der Waals surface area contributed by atoms with Crippen LogP contribution < -0.4 is 14.8 Å². The second kappa shape index (κ2) is 8.97. The SMILES string of the molecule is CCOc1ccc(-c2nc(C)c(C(=O)Nc3n[nH]c(-c4ccccc4OC)n3)s2)cc1. The van der Waals surface area contributed by atoms with Gasteiger partial charge in [-0.1, -0.05) is 12.1 Å². The highest BCUT2D eigenvalue weighted by molar-refractivity contribution is 7.17. The van der Waals surface area contributed by atoms with E-state index in [0.29, 0.717) is 28.8 Å². The van der Waals surface area contributed by atoms with Crippen molar-refractivity contribution in [1.82, 2.24) is 20.2 Å². The third-order valence-electron chi connectivity index (χ3n) is 4.49. The number of ether oxygens (including phenoxy) is 2. The molecule has 0 atom stereocenters. The molecule has 0 fully saturated rings. The molecule has 0 radical (unpaired) electrons. The lowest BCUT2D eigenvalue weighted by Crippen LogP contribution is -2.12. The molecule has 9 heteroatoms. The fourth-order valence-corrected chi connectivity index (χ4v) is 3.99. The number of benzene rings is 2. The van der Waals surface area contributed by atoms with Gasteiger partial charge in [-0.3, -0.25) is 15.2 Å². The fraction of sp³-hybridized carbons (Fsp3) is 0.182. The molecule has 0 aliphatic heterocycles. The first-order valence-corrected chi connectivity index (χ1v) is 10.5. The van der Waals surface area contributed by atoms with Crippen molar-refractivity contribution in [2.45, 2.75) is 13.8 Å². The van der Waals surface area contributed by atoms with Crippen molar-refractivity contribution < 1.29 is 14.3 Å². The van der Waals surface area contributed by atoms with Crippen molar-refractivity contribution in [3.8, 4) is 33.5 Å². The lowest BCUT2D eigenvalue weighted by Gasteiger charge is -2.04. The van der Waals surface area contributed by atoms with Crippen molar-refractivity contribution in [3.05, 3.63) is 59.1 Å². The number of rotatable bonds is 7. The Morgan fingerprint density at radius 3 is 2.65 bits per heavy atom. The predicted octanol–water partition coefficient (Wildman–Crippen LogP) is 4.56. The minimum atomic E-state index is -0.308. The Balaban J connectivity index is 1.51. The monoisotopic (exact) mass is 435 g/mol. The van der Waals surface area contributed by atoms with Crippen molar-refractivity contribution in [2.75, 3.05) is 19.0 Å². The second-order valence-electron chi connectivity index (χ2n) is 6.55. The molecule has 2 aromatic carbocycles. The average Bonchev–Trinajstić information content (AvgIpc) is 3.41. The van der Waals surface area contributed by atoms with E-state index in [0.717, 1.165) is 21.9 Å². The Morgan fingerprint density at radius 1 is 1.13 bits per heavy atom. The number of nitrogens with one attached hydrogen (secondary N) is 2. The molecule has 2 N–H and O–H groups in total. The molecule has 158 valence electrons. The van der Waals surface area contributed by atoms with Crippen LogP contribution in [0.2, 0.25) is 0 Å². The maximum Gasteiger partial charge on any atom is 0.270 e. The van der Waals surface area contributed by atoms with Gasteiger partial charge in [-0.25, -0.2) is 4.98 Å². The van der Waals surface area contributed by atoms with Crippen LogP contribution in [0.1, 0.15) is 22.3 Å². The lowest BCUT2D eigenvalue weighted by molar-refractivity contribution is 0.102. The maximum absolute atomic E-state index is 12.8. The summed E-state index contributed by atoms with van der Waals surface area (Å²) in [5.74, 6) is 1.84. The Morgan fingerprint density at radius 2 is 1.90 bits per heavy atom. The maximum atomic E-state index is 12.8. The van der Waals surface area contributed by atoms with Gasteiger partial charge < -0.3 is 9.47 Å². The van der Waals surface area contributed by atoms with E-state index in [4.69, 9.17) is 9.47 Å². The number of aryl methyl sites for hydroxylation is 1. The van der Waals surface area contributed by atoms with Gasteiger partial charge in [0, 0.05) is 5.56 Å². The smallest absolute Gasteiger partial charge is 0.270 e. The third kappa shape index (κ3) is 4.41. The van der Waals surface area contributed by atoms with Gasteiger partial charge in [0.25, 0.3) is 5.91 Å². The minimum Gasteiger partial charge on any atom is -0.496 e. The molecular formula is C22H21N5O3S. The van der Waals surface area contributed by atoms with E-state index in [1.54, 1.807) is 7.11 Å². The standard InChI is InChI=1S/C22H21N5O3S/c1-4-30-15-11-9-14(10-12-15)21-23-13(2)18(31-21)20(28)25-22-24-19(26-27-22)16-7-5-6-8-17(16)29-3/h5-12H,4H2,1-3H3,(H2,24,25,26,27,28). The summed E-state index contributed by atoms with van der Waals surface area (Å²) in [6.45, 7) is 4.36. The Kier molecular flexibility index (Phi) is 5.94. The second-order valence-corrected chi connectivity index (χ2v) is 7.55. The first-order chi connectivity index (χ1) is 15.1. The molecule has 2 heterocycles. The Hall–Kier alpha value is -3.72. The van der Waals surface area contributed by atoms with Gasteiger partial charge in [0.1, 0.15) is 21.4 Å². The van der Waals surface area contributed by atoms with Crippen LogP contribution in [0.3, 0.4) is 0 Å². The Bertz CT molecular complexity index is 1200. The highest BCUT2D eigenvalue weighted by atomic mass is 32.1. The summed E-state index contributed by atoms with van der Waals surface area (Å²) in [5, 5.41) is 10.4. The van der Waals surface area contributed by atoms with E-state index in [1.807, 2.05) is 62.4 Å². The highest BCUT2D eigenvalue weighted by Crippen LogP contribution is 2.30. The van der Waals surface area contributed by atoms with Gasteiger partial charge in [-0.05, 0) is 50.2 Å². The normalized spacial score (nSPS) is 10.7. The number of aromatic amines is 1. The zero-order chi connectivity index (χ0) is 21.8. The topological polar surface area (TPSA) is 102 Å². The zero-order valence-electron chi connectivity index (χ0n) is 17.3. The molecule has 31 heavy (non-hydrogen) atoms. The number of anilines is 1. The van der Waals surface area contributed by atoms with Gasteiger partial charge in [-0.15, -0.1) is 16.4 Å². The zero-order valence-corrected chi connectivity index (χ0v) is 18.1. The molecule has 0 bridgehead atoms. The molecular weight excluding hydrogens is 414 g/mol. The van der Waals surface area contributed by atoms with E-state index in [-0.39, 0.29) is 11.9 Å². The highest BCUT2D eigenvalue weighted by Gasteiger charge is 2.19. The van der Waals surface area contributed by atoms with Gasteiger partial charge in [0.15, 0.2) is 5.82 Å². The third-order valence-corrected chi connectivity index (χ3v) is 5.69. The molecule has 0 saturated heterocycles. The van der Waals surface area contributed by atoms with Crippen LogP contribution in [0, 0.1) is 6.92 Å². The number of nitrogens with zero attached hydrogens (tertiary/aromatic N) is 3. The van der Waals surface area contributed by atoms with Crippen LogP contribution in [0.25, 0.3) is 22.0 Å². The van der Waals surface area contributed by atoms with Crippen LogP contribution >= 0.6 is 11.3 Å². The minimum absolute atomic E-state index is 0.182. The summed E-state index contributed by atoms with van der Waals surface area (Å²) in [4.78, 5) is 22.2. The summed E-state index contributed by atoms with van der Waals surface area (Å²) in [5.41, 5.74) is 2.32. The molecule has 4 rings (SSSR count). The summed E-state index contributed by atoms with van der Waals surface area (Å²) >= 11 is 1.32. The van der Waals surface area contributed by atoms with E-state index in [1.165, 1.54) is 11.3 Å². The summed E-state index contributed by atoms with van der Waals surface area (Å²) in [6.07, 6.45) is 0. The van der Waals surface area contributed by atoms with Gasteiger partial charge in [-0.2, -0.15) is 4.98 Å². The number of hydrogen-bond donors (Lipinski definition) is 2.